The molecule has 0 bridgehead atoms. The van der Waals surface area contributed by atoms with Crippen molar-refractivity contribution in [2.75, 3.05) is 31.5 Å². The summed E-state index contributed by atoms with van der Waals surface area (Å²) in [6.45, 7) is 6.17. The van der Waals surface area contributed by atoms with Gasteiger partial charge in [-0.2, -0.15) is 0 Å². The molecule has 188 valence electrons. The molecule has 3 N–H and O–H groups in total. The summed E-state index contributed by atoms with van der Waals surface area (Å²) in [5, 5.41) is 8.17. The van der Waals surface area contributed by atoms with Crippen molar-refractivity contribution >= 4 is 35.7 Å². The molecule has 2 aliphatic heterocycles. The highest BCUT2D eigenvalue weighted by atomic mass is 16.2. The van der Waals surface area contributed by atoms with E-state index < -0.39 is 23.8 Å². The van der Waals surface area contributed by atoms with Crippen LogP contribution in [-0.2, 0) is 16.1 Å². The van der Waals surface area contributed by atoms with Crippen LogP contribution in [0.1, 0.15) is 56.4 Å². The van der Waals surface area contributed by atoms with Gasteiger partial charge in [-0.25, -0.2) is 0 Å². The largest absolute Gasteiger partial charge is 0.321 e. The molecule has 2 aromatic carbocycles. The molecule has 0 spiro atoms. The molecule has 2 aromatic rings. The zero-order chi connectivity index (χ0) is 25.7. The van der Waals surface area contributed by atoms with E-state index in [2.05, 4.69) is 15.5 Å². The van der Waals surface area contributed by atoms with Gasteiger partial charge in [-0.3, -0.25) is 39.1 Å². The number of nitrogens with zero attached hydrogens (tertiary/aromatic N) is 2. The number of carbonyl (C=O) groups excluding carboxylic acids is 5. The predicted molar refractivity (Wildman–Crippen MR) is 132 cm³/mol. The predicted octanol–water partition coefficient (Wildman–Crippen LogP) is 1.38. The number of piperazine rings is 1. The number of benzene rings is 2. The van der Waals surface area contributed by atoms with E-state index in [1.54, 1.807) is 31.2 Å². The van der Waals surface area contributed by atoms with Gasteiger partial charge in [0.2, 0.25) is 12.3 Å². The summed E-state index contributed by atoms with van der Waals surface area (Å²) in [5.74, 6) is -1.86. The SMILES string of the molecule is CC(CCC(=O)NC=O)N1C(=O)c2cccc(NC(=O)c3cccc(CN4CCNCC4)c3)c2C1=O. The molecule has 2 heterocycles. The molecule has 10 nitrogen and oxygen atoms in total. The van der Waals surface area contributed by atoms with Crippen LogP contribution >= 0.6 is 0 Å². The maximum Gasteiger partial charge on any atom is 0.263 e. The van der Waals surface area contributed by atoms with Gasteiger partial charge in [0.05, 0.1) is 16.8 Å². The van der Waals surface area contributed by atoms with Crippen LogP contribution in [0, 0.1) is 0 Å². The Morgan fingerprint density at radius 2 is 1.83 bits per heavy atom. The standard InChI is InChI=1S/C26H29N5O5/c1-17(8-9-22(33)28-16-32)31-25(35)20-6-3-7-21(23(20)26(31)36)29-24(34)19-5-2-4-18(14-19)15-30-12-10-27-11-13-30/h2-7,14,16-17,27H,8-13,15H2,1H3,(H,29,34)(H,28,32,33). The minimum atomic E-state index is -0.569. The van der Waals surface area contributed by atoms with Crippen molar-refractivity contribution in [3.05, 3.63) is 64.7 Å². The van der Waals surface area contributed by atoms with Gasteiger partial charge in [0.15, 0.2) is 0 Å². The van der Waals surface area contributed by atoms with Crippen LogP contribution in [0.4, 0.5) is 5.69 Å². The van der Waals surface area contributed by atoms with Gasteiger partial charge in [0.1, 0.15) is 0 Å². The van der Waals surface area contributed by atoms with Crippen LogP contribution in [0.15, 0.2) is 42.5 Å². The fourth-order valence-corrected chi connectivity index (χ4v) is 4.55. The van der Waals surface area contributed by atoms with Crippen molar-refractivity contribution in [2.24, 2.45) is 0 Å². The van der Waals surface area contributed by atoms with Crippen molar-refractivity contribution in [3.63, 3.8) is 0 Å². The van der Waals surface area contributed by atoms with Gasteiger partial charge in [-0.05, 0) is 43.2 Å². The maximum atomic E-state index is 13.2. The number of anilines is 1. The Kier molecular flexibility index (Phi) is 7.87. The highest BCUT2D eigenvalue weighted by molar-refractivity contribution is 6.25. The van der Waals surface area contributed by atoms with E-state index in [1.165, 1.54) is 0 Å². The number of carbonyl (C=O) groups is 5. The van der Waals surface area contributed by atoms with Crippen LogP contribution < -0.4 is 16.0 Å². The van der Waals surface area contributed by atoms with Crippen molar-refractivity contribution < 1.29 is 24.0 Å². The third-order valence-electron chi connectivity index (χ3n) is 6.45. The second-order valence-corrected chi connectivity index (χ2v) is 8.96. The smallest absolute Gasteiger partial charge is 0.263 e. The average Bonchev–Trinajstić information content (AvgIpc) is 3.14. The van der Waals surface area contributed by atoms with Gasteiger partial charge in [0.25, 0.3) is 17.7 Å². The Morgan fingerprint density at radius 3 is 2.58 bits per heavy atom. The Labute approximate surface area is 209 Å². The molecule has 0 saturated carbocycles. The lowest BCUT2D eigenvalue weighted by Crippen LogP contribution is -2.42. The van der Waals surface area contributed by atoms with Crippen molar-refractivity contribution in [3.8, 4) is 0 Å². The Balaban J connectivity index is 1.48. The molecule has 1 unspecified atom stereocenters. The van der Waals surface area contributed by atoms with Crippen molar-refractivity contribution in [2.45, 2.75) is 32.4 Å². The topological polar surface area (TPSA) is 128 Å². The maximum absolute atomic E-state index is 13.2. The fourth-order valence-electron chi connectivity index (χ4n) is 4.55. The fraction of sp³-hybridized carbons (Fsp3) is 0.346. The summed E-state index contributed by atoms with van der Waals surface area (Å²) in [5.41, 5.74) is 2.08. The van der Waals surface area contributed by atoms with Gasteiger partial charge >= 0.3 is 0 Å². The minimum absolute atomic E-state index is 0.0127. The number of rotatable bonds is 9. The zero-order valence-electron chi connectivity index (χ0n) is 20.1. The van der Waals surface area contributed by atoms with E-state index in [-0.39, 0.29) is 35.6 Å². The first-order chi connectivity index (χ1) is 17.4. The lowest BCUT2D eigenvalue weighted by atomic mass is 10.1. The molecule has 5 amide bonds. The van der Waals surface area contributed by atoms with E-state index in [1.807, 2.05) is 23.5 Å². The summed E-state index contributed by atoms with van der Waals surface area (Å²) in [6.07, 6.45) is 0.485. The normalized spacial score (nSPS) is 16.4. The summed E-state index contributed by atoms with van der Waals surface area (Å²) in [6, 6.07) is 11.6. The highest BCUT2D eigenvalue weighted by Crippen LogP contribution is 2.32. The summed E-state index contributed by atoms with van der Waals surface area (Å²) in [7, 11) is 0. The number of fused-ring (bicyclic) bond motifs is 1. The van der Waals surface area contributed by atoms with Crippen LogP contribution in [0.3, 0.4) is 0 Å². The Morgan fingerprint density at radius 1 is 1.08 bits per heavy atom. The first kappa shape index (κ1) is 25.2. The second-order valence-electron chi connectivity index (χ2n) is 8.96. The van der Waals surface area contributed by atoms with E-state index in [0.29, 0.717) is 12.0 Å². The van der Waals surface area contributed by atoms with Crippen LogP contribution in [0.2, 0.25) is 0 Å². The molecule has 2 aliphatic rings. The molecule has 1 atom stereocenters. The number of hydrogen-bond acceptors (Lipinski definition) is 7. The van der Waals surface area contributed by atoms with Crippen LogP contribution in [-0.4, -0.2) is 72.1 Å². The lowest BCUT2D eigenvalue weighted by molar-refractivity contribution is -0.125. The van der Waals surface area contributed by atoms with Gasteiger partial charge in [-0.15, -0.1) is 0 Å². The monoisotopic (exact) mass is 491 g/mol. The third-order valence-corrected chi connectivity index (χ3v) is 6.45. The van der Waals surface area contributed by atoms with Gasteiger partial charge in [0, 0.05) is 50.7 Å². The molecule has 36 heavy (non-hydrogen) atoms. The quantitative estimate of drug-likeness (QED) is 0.357. The number of amides is 5. The first-order valence-corrected chi connectivity index (χ1v) is 12.0. The number of imide groups is 2. The first-order valence-electron chi connectivity index (χ1n) is 12.0. The molecular weight excluding hydrogens is 462 g/mol. The number of nitrogens with one attached hydrogen (secondary N) is 3. The van der Waals surface area contributed by atoms with Crippen LogP contribution in [0.25, 0.3) is 0 Å². The highest BCUT2D eigenvalue weighted by Gasteiger charge is 2.40. The Bertz CT molecular complexity index is 1190. The zero-order valence-corrected chi connectivity index (χ0v) is 20.1. The summed E-state index contributed by atoms with van der Waals surface area (Å²) < 4.78 is 0. The Hall–Kier alpha value is -3.89. The molecule has 1 saturated heterocycles. The molecular formula is C26H29N5O5. The van der Waals surface area contributed by atoms with E-state index in [0.717, 1.165) is 43.2 Å². The van der Waals surface area contributed by atoms with Crippen LogP contribution in [0.5, 0.6) is 0 Å². The van der Waals surface area contributed by atoms with Crippen molar-refractivity contribution in [1.29, 1.82) is 0 Å². The van der Waals surface area contributed by atoms with Gasteiger partial charge < -0.3 is 10.6 Å². The van der Waals surface area contributed by atoms with Gasteiger partial charge in [-0.1, -0.05) is 18.2 Å². The van der Waals surface area contributed by atoms with E-state index in [4.69, 9.17) is 0 Å². The molecule has 0 aliphatic carbocycles. The second kappa shape index (κ2) is 11.2. The molecule has 0 aromatic heterocycles. The van der Waals surface area contributed by atoms with E-state index in [9.17, 15) is 24.0 Å². The molecule has 10 heteroatoms. The summed E-state index contributed by atoms with van der Waals surface area (Å²) in [4.78, 5) is 64.7. The van der Waals surface area contributed by atoms with E-state index >= 15 is 0 Å². The summed E-state index contributed by atoms with van der Waals surface area (Å²) >= 11 is 0. The number of hydrogen-bond donors (Lipinski definition) is 3. The third kappa shape index (κ3) is 5.50. The molecule has 1 fully saturated rings. The minimum Gasteiger partial charge on any atom is -0.321 e. The molecule has 4 rings (SSSR count). The molecule has 0 radical (unpaired) electrons. The van der Waals surface area contributed by atoms with Crippen molar-refractivity contribution in [1.82, 2.24) is 20.4 Å². The lowest BCUT2D eigenvalue weighted by Gasteiger charge is -2.27. The average molecular weight is 492 g/mol.